The lowest BCUT2D eigenvalue weighted by molar-refractivity contribution is 0.0702. The molecule has 0 fully saturated rings. The summed E-state index contributed by atoms with van der Waals surface area (Å²) in [5.41, 5.74) is 0. The zero-order valence-electron chi connectivity index (χ0n) is 4.87. The molecule has 0 aliphatic heterocycles. The molecule has 1 heterocycles. The van der Waals surface area contributed by atoms with Crippen molar-refractivity contribution in [2.75, 3.05) is 0 Å². The second-order valence-electron chi connectivity index (χ2n) is 1.56. The summed E-state index contributed by atoms with van der Waals surface area (Å²) in [6.07, 6.45) is 1.31. The second kappa shape index (κ2) is 2.98. The van der Waals surface area contributed by atoms with Crippen LogP contribution in [0.2, 0.25) is 0 Å². The summed E-state index contributed by atoms with van der Waals surface area (Å²) >= 11 is 6.50. The first-order valence-electron chi connectivity index (χ1n) is 2.48. The van der Waals surface area contributed by atoms with E-state index >= 15 is 0 Å². The summed E-state index contributed by atoms with van der Waals surface area (Å²) in [4.78, 5) is 14.3. The van der Waals surface area contributed by atoms with Crippen molar-refractivity contribution in [2.45, 2.75) is 5.88 Å². The summed E-state index contributed by atoms with van der Waals surface area (Å²) in [5.74, 6) is -0.674. The Hall–Kier alpha value is -0.610. The zero-order chi connectivity index (χ0) is 7.56. The lowest BCUT2D eigenvalue weighted by Gasteiger charge is -1.80. The molecule has 0 bridgehead atoms. The average molecular weight is 178 g/mol. The van der Waals surface area contributed by atoms with E-state index in [1.165, 1.54) is 6.20 Å². The Morgan fingerprint density at radius 3 is 2.90 bits per heavy atom. The molecule has 10 heavy (non-hydrogen) atoms. The van der Waals surface area contributed by atoms with E-state index in [1.807, 2.05) is 0 Å². The topological polar surface area (TPSA) is 50.2 Å². The number of carboxylic acid groups (broad SMARTS) is 1. The van der Waals surface area contributed by atoms with Gasteiger partial charge in [0.1, 0.15) is 9.88 Å². The van der Waals surface area contributed by atoms with Crippen molar-refractivity contribution in [3.63, 3.8) is 0 Å². The maximum atomic E-state index is 10.3. The summed E-state index contributed by atoms with van der Waals surface area (Å²) in [5, 5.41) is 9.06. The number of hydrogen-bond donors (Lipinski definition) is 1. The van der Waals surface area contributed by atoms with E-state index in [1.54, 1.807) is 0 Å². The Labute approximate surface area is 66.3 Å². The van der Waals surface area contributed by atoms with Crippen molar-refractivity contribution in [3.05, 3.63) is 16.1 Å². The molecule has 0 radical (unpaired) electrons. The van der Waals surface area contributed by atoms with Crippen LogP contribution in [0.3, 0.4) is 0 Å². The number of hydrogen-bond acceptors (Lipinski definition) is 3. The van der Waals surface area contributed by atoms with Gasteiger partial charge in [-0.2, -0.15) is 0 Å². The minimum atomic E-state index is -0.950. The molecule has 0 aliphatic carbocycles. The van der Waals surface area contributed by atoms with Gasteiger partial charge in [0.2, 0.25) is 0 Å². The van der Waals surface area contributed by atoms with Crippen LogP contribution in [-0.4, -0.2) is 16.1 Å². The van der Waals surface area contributed by atoms with Crippen LogP contribution in [0, 0.1) is 0 Å². The van der Waals surface area contributed by atoms with E-state index < -0.39 is 5.97 Å². The third-order valence-electron chi connectivity index (χ3n) is 0.879. The monoisotopic (exact) mass is 177 g/mol. The van der Waals surface area contributed by atoms with E-state index in [-0.39, 0.29) is 10.8 Å². The predicted octanol–water partition coefficient (Wildman–Crippen LogP) is 1.58. The zero-order valence-corrected chi connectivity index (χ0v) is 6.45. The van der Waals surface area contributed by atoms with E-state index in [0.717, 1.165) is 11.3 Å². The summed E-state index contributed by atoms with van der Waals surface area (Å²) in [6, 6.07) is 0. The Morgan fingerprint density at radius 2 is 2.60 bits per heavy atom. The Bertz CT molecular complexity index is 248. The third kappa shape index (κ3) is 1.46. The maximum absolute atomic E-state index is 10.3. The van der Waals surface area contributed by atoms with Crippen molar-refractivity contribution < 1.29 is 9.90 Å². The fourth-order valence-corrected chi connectivity index (χ4v) is 1.31. The van der Waals surface area contributed by atoms with Crippen LogP contribution >= 0.6 is 22.9 Å². The summed E-state index contributed by atoms with van der Waals surface area (Å²) < 4.78 is 0. The highest BCUT2D eigenvalue weighted by atomic mass is 35.5. The second-order valence-corrected chi connectivity index (χ2v) is 2.94. The van der Waals surface area contributed by atoms with Gasteiger partial charge in [0, 0.05) is 0 Å². The standard InChI is InChI=1S/C5H4ClNO2S/c6-1-4-7-2-3(10-4)5(8)9/h2H,1H2,(H,8,9). The van der Waals surface area contributed by atoms with Gasteiger partial charge in [-0.3, -0.25) is 0 Å². The lowest BCUT2D eigenvalue weighted by Crippen LogP contribution is -1.89. The van der Waals surface area contributed by atoms with Crippen molar-refractivity contribution in [1.29, 1.82) is 0 Å². The van der Waals surface area contributed by atoms with Crippen LogP contribution in [0.25, 0.3) is 0 Å². The van der Waals surface area contributed by atoms with Crippen LogP contribution < -0.4 is 0 Å². The predicted molar refractivity (Wildman–Crippen MR) is 38.6 cm³/mol. The molecule has 0 atom stereocenters. The first-order valence-corrected chi connectivity index (χ1v) is 3.83. The van der Waals surface area contributed by atoms with Gasteiger partial charge in [-0.1, -0.05) is 0 Å². The van der Waals surface area contributed by atoms with E-state index in [2.05, 4.69) is 4.98 Å². The number of rotatable bonds is 2. The van der Waals surface area contributed by atoms with Gasteiger partial charge in [-0.25, -0.2) is 9.78 Å². The number of thiazole rings is 1. The molecule has 0 unspecified atom stereocenters. The molecule has 1 aromatic heterocycles. The van der Waals surface area contributed by atoms with Gasteiger partial charge in [-0.05, 0) is 0 Å². The van der Waals surface area contributed by atoms with Crippen LogP contribution in [0.5, 0.6) is 0 Å². The number of aromatic carboxylic acids is 1. The number of carbonyl (C=O) groups is 1. The van der Waals surface area contributed by atoms with E-state index in [0.29, 0.717) is 5.01 Å². The van der Waals surface area contributed by atoms with Crippen LogP contribution in [0.1, 0.15) is 14.7 Å². The lowest BCUT2D eigenvalue weighted by atomic mass is 10.6. The molecule has 0 aromatic carbocycles. The van der Waals surface area contributed by atoms with Gasteiger partial charge in [-0.15, -0.1) is 22.9 Å². The molecule has 0 saturated heterocycles. The smallest absolute Gasteiger partial charge is 0.347 e. The van der Waals surface area contributed by atoms with Gasteiger partial charge >= 0.3 is 5.97 Å². The molecule has 54 valence electrons. The third-order valence-corrected chi connectivity index (χ3v) is 2.28. The Morgan fingerprint density at radius 1 is 1.90 bits per heavy atom. The van der Waals surface area contributed by atoms with Crippen molar-refractivity contribution in [3.8, 4) is 0 Å². The molecular weight excluding hydrogens is 174 g/mol. The Balaban J connectivity index is 2.88. The first kappa shape index (κ1) is 7.50. The fourth-order valence-electron chi connectivity index (χ4n) is 0.471. The molecule has 1 aromatic rings. The summed E-state index contributed by atoms with van der Waals surface area (Å²) in [6.45, 7) is 0. The van der Waals surface area contributed by atoms with Crippen LogP contribution in [0.4, 0.5) is 0 Å². The highest BCUT2D eigenvalue weighted by molar-refractivity contribution is 7.13. The van der Waals surface area contributed by atoms with Crippen LogP contribution in [0.15, 0.2) is 6.20 Å². The molecule has 5 heteroatoms. The molecule has 3 nitrogen and oxygen atoms in total. The highest BCUT2D eigenvalue weighted by Crippen LogP contribution is 2.13. The van der Waals surface area contributed by atoms with Gasteiger partial charge < -0.3 is 5.11 Å². The van der Waals surface area contributed by atoms with E-state index in [9.17, 15) is 4.79 Å². The number of alkyl halides is 1. The van der Waals surface area contributed by atoms with Crippen molar-refractivity contribution >= 4 is 28.9 Å². The van der Waals surface area contributed by atoms with Crippen LogP contribution in [-0.2, 0) is 5.88 Å². The minimum absolute atomic E-state index is 0.232. The maximum Gasteiger partial charge on any atom is 0.347 e. The molecule has 1 rings (SSSR count). The van der Waals surface area contributed by atoms with E-state index in [4.69, 9.17) is 16.7 Å². The largest absolute Gasteiger partial charge is 0.477 e. The summed E-state index contributed by atoms with van der Waals surface area (Å²) in [7, 11) is 0. The SMILES string of the molecule is O=C(O)c1cnc(CCl)s1. The van der Waals surface area contributed by atoms with Gasteiger partial charge in [0.25, 0.3) is 0 Å². The number of aromatic nitrogens is 1. The molecule has 0 spiro atoms. The number of nitrogens with zero attached hydrogens (tertiary/aromatic N) is 1. The number of carboxylic acids is 1. The number of halogens is 1. The van der Waals surface area contributed by atoms with Crippen molar-refractivity contribution in [1.82, 2.24) is 4.98 Å². The molecular formula is C5H4ClNO2S. The normalized spacial score (nSPS) is 9.70. The molecule has 0 aliphatic rings. The first-order chi connectivity index (χ1) is 4.74. The quantitative estimate of drug-likeness (QED) is 0.698. The average Bonchev–Trinajstić information content (AvgIpc) is 2.34. The van der Waals surface area contributed by atoms with Gasteiger partial charge in [0.05, 0.1) is 12.1 Å². The fraction of sp³-hybridized carbons (Fsp3) is 0.200. The molecule has 0 saturated carbocycles. The molecule has 0 amide bonds. The minimum Gasteiger partial charge on any atom is -0.477 e. The van der Waals surface area contributed by atoms with Crippen molar-refractivity contribution in [2.24, 2.45) is 0 Å². The van der Waals surface area contributed by atoms with Gasteiger partial charge in [0.15, 0.2) is 0 Å². The Kier molecular flexibility index (Phi) is 2.24. The molecule has 1 N–H and O–H groups in total. The highest BCUT2D eigenvalue weighted by Gasteiger charge is 2.06.